The predicted molar refractivity (Wildman–Crippen MR) is 67.9 cm³/mol. The Labute approximate surface area is 109 Å². The van der Waals surface area contributed by atoms with Crippen LogP contribution in [0.5, 0.6) is 0 Å². The fourth-order valence-corrected chi connectivity index (χ4v) is 1.47. The molecule has 0 aliphatic rings. The molecular weight excluding hydrogens is 286 g/mol. The second kappa shape index (κ2) is 6.12. The van der Waals surface area contributed by atoms with Gasteiger partial charge in [0.2, 0.25) is 0 Å². The average Bonchev–Trinajstić information content (AvgIpc) is 2.28. The normalized spacial score (nSPS) is 11.3. The van der Waals surface area contributed by atoms with Crippen molar-refractivity contribution >= 4 is 21.9 Å². The molecule has 0 N–H and O–H groups in total. The summed E-state index contributed by atoms with van der Waals surface area (Å²) in [6.45, 7) is 4.23. The third kappa shape index (κ3) is 4.83. The largest absolute Gasteiger partial charge is 0.462 e. The maximum absolute atomic E-state index is 11.7. The fourth-order valence-electron chi connectivity index (χ4n) is 1.10. The van der Waals surface area contributed by atoms with E-state index in [9.17, 15) is 4.79 Å². The van der Waals surface area contributed by atoms with E-state index in [0.29, 0.717) is 23.2 Å². The van der Waals surface area contributed by atoms with Crippen LogP contribution in [0, 0.1) is 0 Å². The number of aromatic nitrogens is 1. The van der Waals surface area contributed by atoms with Crippen LogP contribution in [0.3, 0.4) is 0 Å². The van der Waals surface area contributed by atoms with Crippen LogP contribution in [0.1, 0.15) is 30.6 Å². The van der Waals surface area contributed by atoms with Gasteiger partial charge in [0.25, 0.3) is 0 Å². The van der Waals surface area contributed by atoms with E-state index in [1.807, 2.05) is 13.8 Å². The first-order valence-corrected chi connectivity index (χ1v) is 6.08. The highest BCUT2D eigenvalue weighted by atomic mass is 79.9. The van der Waals surface area contributed by atoms with E-state index >= 15 is 0 Å². The van der Waals surface area contributed by atoms with Crippen LogP contribution in [0.2, 0.25) is 0 Å². The number of hydrogen-bond donors (Lipinski definition) is 0. The molecule has 0 saturated carbocycles. The number of halogens is 1. The Hall–Kier alpha value is -0.940. The zero-order valence-electron chi connectivity index (χ0n) is 10.2. The third-order valence-electron chi connectivity index (χ3n) is 2.45. The zero-order chi connectivity index (χ0) is 12.9. The Morgan fingerprint density at radius 1 is 1.53 bits per heavy atom. The van der Waals surface area contributed by atoms with Crippen molar-refractivity contribution in [1.82, 2.24) is 4.98 Å². The summed E-state index contributed by atoms with van der Waals surface area (Å²) in [5.74, 6) is -0.347. The summed E-state index contributed by atoms with van der Waals surface area (Å²) in [7, 11) is 1.64. The first-order chi connectivity index (χ1) is 7.94. The van der Waals surface area contributed by atoms with E-state index < -0.39 is 0 Å². The molecule has 0 fully saturated rings. The third-order valence-corrected chi connectivity index (χ3v) is 2.89. The summed E-state index contributed by atoms with van der Waals surface area (Å²) < 4.78 is 11.0. The Morgan fingerprint density at radius 2 is 2.24 bits per heavy atom. The first kappa shape index (κ1) is 14.1. The van der Waals surface area contributed by atoms with Gasteiger partial charge in [-0.05, 0) is 41.9 Å². The Morgan fingerprint density at radius 3 is 2.82 bits per heavy atom. The van der Waals surface area contributed by atoms with Crippen molar-refractivity contribution in [2.24, 2.45) is 0 Å². The molecule has 0 unspecified atom stereocenters. The average molecular weight is 302 g/mol. The molecule has 0 spiro atoms. The zero-order valence-corrected chi connectivity index (χ0v) is 11.8. The van der Waals surface area contributed by atoms with Gasteiger partial charge in [0.15, 0.2) is 0 Å². The van der Waals surface area contributed by atoms with Crippen LogP contribution in [0.15, 0.2) is 22.9 Å². The molecule has 0 aromatic carbocycles. The van der Waals surface area contributed by atoms with Crippen LogP contribution in [-0.4, -0.2) is 30.3 Å². The Balaban J connectivity index is 2.46. The summed E-state index contributed by atoms with van der Waals surface area (Å²) in [5.41, 5.74) is 0.209. The number of rotatable bonds is 5. The molecule has 0 radical (unpaired) electrons. The van der Waals surface area contributed by atoms with Crippen molar-refractivity contribution in [2.45, 2.75) is 25.9 Å². The van der Waals surface area contributed by atoms with E-state index in [0.717, 1.165) is 0 Å². The van der Waals surface area contributed by atoms with Gasteiger partial charge in [-0.25, -0.2) is 9.78 Å². The second-order valence-electron chi connectivity index (χ2n) is 4.22. The van der Waals surface area contributed by atoms with Crippen molar-refractivity contribution < 1.29 is 14.3 Å². The van der Waals surface area contributed by atoms with Crippen molar-refractivity contribution in [3.63, 3.8) is 0 Å². The summed E-state index contributed by atoms with van der Waals surface area (Å²) in [6, 6.07) is 3.25. The van der Waals surface area contributed by atoms with E-state index in [1.54, 1.807) is 25.4 Å². The van der Waals surface area contributed by atoms with Crippen LogP contribution in [0.4, 0.5) is 0 Å². The molecule has 0 bridgehead atoms. The molecule has 4 nitrogen and oxygen atoms in total. The van der Waals surface area contributed by atoms with Gasteiger partial charge in [0, 0.05) is 19.7 Å². The van der Waals surface area contributed by atoms with Crippen molar-refractivity contribution in [3.05, 3.63) is 28.5 Å². The minimum atomic E-state index is -0.347. The van der Waals surface area contributed by atoms with E-state index in [-0.39, 0.29) is 11.6 Å². The van der Waals surface area contributed by atoms with E-state index in [4.69, 9.17) is 9.47 Å². The highest BCUT2D eigenvalue weighted by Gasteiger charge is 2.17. The van der Waals surface area contributed by atoms with Gasteiger partial charge in [-0.1, -0.05) is 0 Å². The van der Waals surface area contributed by atoms with Gasteiger partial charge in [0.1, 0.15) is 4.60 Å². The molecule has 0 saturated heterocycles. The minimum Gasteiger partial charge on any atom is -0.462 e. The maximum Gasteiger partial charge on any atom is 0.338 e. The van der Waals surface area contributed by atoms with Gasteiger partial charge < -0.3 is 9.47 Å². The predicted octanol–water partition coefficient (Wildman–Crippen LogP) is 2.82. The Bertz CT molecular complexity index is 393. The molecule has 0 aliphatic carbocycles. The van der Waals surface area contributed by atoms with Crippen molar-refractivity contribution in [1.29, 1.82) is 0 Å². The highest BCUT2D eigenvalue weighted by Crippen LogP contribution is 2.14. The molecule has 1 aromatic heterocycles. The SMILES string of the molecule is COC(C)(C)CCOC(=O)c1ccnc(Br)c1. The molecule has 1 rings (SSSR count). The molecular formula is C12H16BrNO3. The standard InChI is InChI=1S/C12H16BrNO3/c1-12(2,16-3)5-7-17-11(15)9-4-6-14-10(13)8-9/h4,6,8H,5,7H2,1-3H3. The van der Waals surface area contributed by atoms with Crippen molar-refractivity contribution in [3.8, 4) is 0 Å². The summed E-state index contributed by atoms with van der Waals surface area (Å²) in [4.78, 5) is 15.6. The van der Waals surface area contributed by atoms with E-state index in [1.165, 1.54) is 0 Å². The lowest BCUT2D eigenvalue weighted by molar-refractivity contribution is -0.00563. The Kier molecular flexibility index (Phi) is 5.08. The van der Waals surface area contributed by atoms with Gasteiger partial charge in [-0.2, -0.15) is 0 Å². The number of methoxy groups -OCH3 is 1. The van der Waals surface area contributed by atoms with Crippen LogP contribution >= 0.6 is 15.9 Å². The second-order valence-corrected chi connectivity index (χ2v) is 5.03. The fraction of sp³-hybridized carbons (Fsp3) is 0.500. The monoisotopic (exact) mass is 301 g/mol. The van der Waals surface area contributed by atoms with Crippen LogP contribution in [0.25, 0.3) is 0 Å². The summed E-state index contributed by atoms with van der Waals surface area (Å²) in [6.07, 6.45) is 2.21. The highest BCUT2D eigenvalue weighted by molar-refractivity contribution is 9.10. The quantitative estimate of drug-likeness (QED) is 0.620. The van der Waals surface area contributed by atoms with Crippen molar-refractivity contribution in [2.75, 3.05) is 13.7 Å². The molecule has 17 heavy (non-hydrogen) atoms. The van der Waals surface area contributed by atoms with Crippen LogP contribution < -0.4 is 0 Å². The lowest BCUT2D eigenvalue weighted by Crippen LogP contribution is -2.25. The number of ether oxygens (including phenoxy) is 2. The lowest BCUT2D eigenvalue weighted by atomic mass is 10.1. The number of esters is 1. The molecule has 1 heterocycles. The summed E-state index contributed by atoms with van der Waals surface area (Å²) in [5, 5.41) is 0. The summed E-state index contributed by atoms with van der Waals surface area (Å²) >= 11 is 3.20. The van der Waals surface area contributed by atoms with Crippen LogP contribution in [-0.2, 0) is 9.47 Å². The number of carbonyl (C=O) groups excluding carboxylic acids is 1. The molecule has 1 aromatic rings. The molecule has 0 aliphatic heterocycles. The van der Waals surface area contributed by atoms with Gasteiger partial charge in [-0.15, -0.1) is 0 Å². The smallest absolute Gasteiger partial charge is 0.338 e. The number of pyridine rings is 1. The lowest BCUT2D eigenvalue weighted by Gasteiger charge is -2.22. The molecule has 5 heteroatoms. The number of nitrogens with zero attached hydrogens (tertiary/aromatic N) is 1. The number of hydrogen-bond acceptors (Lipinski definition) is 4. The molecule has 0 amide bonds. The number of carbonyl (C=O) groups is 1. The molecule has 0 atom stereocenters. The van der Waals surface area contributed by atoms with E-state index in [2.05, 4.69) is 20.9 Å². The molecule has 94 valence electrons. The minimum absolute atomic E-state index is 0.279. The van der Waals surface area contributed by atoms with Gasteiger partial charge >= 0.3 is 5.97 Å². The maximum atomic E-state index is 11.7. The topological polar surface area (TPSA) is 48.4 Å². The first-order valence-electron chi connectivity index (χ1n) is 5.28. The van der Waals surface area contributed by atoms with Gasteiger partial charge in [-0.3, -0.25) is 0 Å². The van der Waals surface area contributed by atoms with Gasteiger partial charge in [0.05, 0.1) is 17.8 Å².